The molecule has 34 valence electrons. The maximum absolute atomic E-state index is 9.90. The molecule has 6 heteroatoms. The van der Waals surface area contributed by atoms with Gasteiger partial charge in [-0.15, -0.1) is 0 Å². The van der Waals surface area contributed by atoms with E-state index in [0.717, 1.165) is 0 Å². The first-order chi connectivity index (χ1) is 2.00. The third-order valence-electron chi connectivity index (χ3n) is 0. The first kappa shape index (κ1) is 10.6. The molecule has 0 N–H and O–H groups in total. The third-order valence-corrected chi connectivity index (χ3v) is 0. The molecule has 0 nitrogen and oxygen atoms in total. The molecule has 6 heavy (non-hydrogen) atoms. The van der Waals surface area contributed by atoms with Gasteiger partial charge in [0.1, 0.15) is 0 Å². The van der Waals surface area contributed by atoms with Crippen LogP contribution in [-0.4, -0.2) is 0 Å². The predicted octanol–water partition coefficient (Wildman–Crippen LogP) is -1.21. The molecule has 0 saturated carbocycles. The average molecular weight is 191 g/mol. The topological polar surface area (TPSA) is 0 Å². The van der Waals surface area contributed by atoms with E-state index in [2.05, 4.69) is 0 Å². The van der Waals surface area contributed by atoms with Crippen LogP contribution in [0.25, 0.3) is 0 Å². The standard InChI is InChI=1S/4FH.Na.Zr.H/h4*1H;;;/q;;;;+1;+4;-1/p-4. The number of hydrogen-bond acceptors (Lipinski definition) is 0. The maximum Gasteiger partial charge on any atom is 1.00 e. The molecule has 0 aromatic carbocycles. The van der Waals surface area contributed by atoms with E-state index in [9.17, 15) is 10.5 Å². The van der Waals surface area contributed by atoms with E-state index < -0.39 is 22.7 Å². The Morgan fingerprint density at radius 3 is 1.00 bits per heavy atom. The largest absolute Gasteiger partial charge is 1.00 e. The van der Waals surface area contributed by atoms with Crippen LogP contribution >= 0.6 is 0 Å². The summed E-state index contributed by atoms with van der Waals surface area (Å²) in [5, 5.41) is 0. The number of hydrogen-bond donors (Lipinski definition) is 0. The van der Waals surface area contributed by atoms with Gasteiger partial charge >= 0.3 is 62.8 Å². The van der Waals surface area contributed by atoms with E-state index in [1.54, 1.807) is 0 Å². The Kier molecular flexibility index (Phi) is 6.31. The van der Waals surface area contributed by atoms with Crippen LogP contribution in [0.2, 0.25) is 0 Å². The van der Waals surface area contributed by atoms with Crippen LogP contribution in [0, 0.1) is 0 Å². The summed E-state index contributed by atoms with van der Waals surface area (Å²) in [6.07, 6.45) is 0. The molecule has 0 aliphatic rings. The number of halogens is 4. The van der Waals surface area contributed by atoms with Gasteiger partial charge in [-0.2, -0.15) is 0 Å². The minimum atomic E-state index is -7.18. The Bertz CT molecular complexity index is 27.2. The van der Waals surface area contributed by atoms with E-state index in [1.165, 1.54) is 0 Å². The van der Waals surface area contributed by atoms with Gasteiger partial charge in [-0.3, -0.25) is 0 Å². The van der Waals surface area contributed by atoms with Gasteiger partial charge in [0, 0.05) is 0 Å². The van der Waals surface area contributed by atoms with Crippen LogP contribution in [0.15, 0.2) is 0 Å². The average Bonchev–Trinajstić information content (AvgIpc) is 0.722. The van der Waals surface area contributed by atoms with Crippen molar-refractivity contribution in [2.24, 2.45) is 0 Å². The van der Waals surface area contributed by atoms with Gasteiger partial charge in [0.15, 0.2) is 0 Å². The van der Waals surface area contributed by atoms with Crippen molar-refractivity contribution in [1.82, 2.24) is 0 Å². The van der Waals surface area contributed by atoms with Crippen LogP contribution in [-0.2, 0) is 22.7 Å². The van der Waals surface area contributed by atoms with Crippen LogP contribution < -0.4 is 29.6 Å². The monoisotopic (exact) mass is 190 g/mol. The SMILES string of the molecule is [F][Zr]([F])([F])[F].[H-].[Na+]. The fraction of sp³-hybridized carbons (Fsp3) is 0. The van der Waals surface area contributed by atoms with Gasteiger partial charge in [-0.05, 0) is 0 Å². The van der Waals surface area contributed by atoms with Gasteiger partial charge in [0.05, 0.1) is 0 Å². The Morgan fingerprint density at radius 2 is 1.00 bits per heavy atom. The molecule has 0 aliphatic heterocycles. The summed E-state index contributed by atoms with van der Waals surface area (Å²) in [6, 6.07) is 0. The Morgan fingerprint density at radius 1 is 1.00 bits per heavy atom. The number of rotatable bonds is 0. The predicted molar refractivity (Wildman–Crippen MR) is 5.54 cm³/mol. The summed E-state index contributed by atoms with van der Waals surface area (Å²) in [5.74, 6) is 0. The molecule has 0 spiro atoms. The van der Waals surface area contributed by atoms with Crippen molar-refractivity contribution in [2.45, 2.75) is 0 Å². The first-order valence-electron chi connectivity index (χ1n) is 0.756. The Balaban J connectivity index is -0.0000000800. The smallest absolute Gasteiger partial charge is 1.00 e. The minimum Gasteiger partial charge on any atom is -1.00 e. The van der Waals surface area contributed by atoms with Gasteiger partial charge in [0.2, 0.25) is 0 Å². The van der Waals surface area contributed by atoms with Gasteiger partial charge in [-0.1, -0.05) is 0 Å². The Labute approximate surface area is 63.6 Å². The molecule has 0 rings (SSSR count). The van der Waals surface area contributed by atoms with Crippen molar-refractivity contribution < 1.29 is 64.2 Å². The minimum absolute atomic E-state index is 0. The van der Waals surface area contributed by atoms with Gasteiger partial charge in [-0.25, -0.2) is 0 Å². The summed E-state index contributed by atoms with van der Waals surface area (Å²) in [6.45, 7) is 0. The molecule has 0 saturated heterocycles. The van der Waals surface area contributed by atoms with E-state index in [-0.39, 0.29) is 31.0 Å². The van der Waals surface area contributed by atoms with Crippen LogP contribution in [0.5, 0.6) is 0 Å². The second-order valence-corrected chi connectivity index (χ2v) is 2.54. The molecule has 0 amide bonds. The van der Waals surface area contributed by atoms with Crippen molar-refractivity contribution in [1.29, 1.82) is 0 Å². The zero-order valence-corrected chi connectivity index (χ0v) is 7.47. The van der Waals surface area contributed by atoms with Crippen molar-refractivity contribution >= 4 is 0 Å². The van der Waals surface area contributed by atoms with Crippen LogP contribution in [0.1, 0.15) is 1.43 Å². The quantitative estimate of drug-likeness (QED) is 0.333. The molecule has 0 aromatic heterocycles. The summed E-state index contributed by atoms with van der Waals surface area (Å²) < 4.78 is 39.6. The van der Waals surface area contributed by atoms with E-state index in [1.807, 2.05) is 0 Å². The van der Waals surface area contributed by atoms with E-state index in [0.29, 0.717) is 0 Å². The summed E-state index contributed by atoms with van der Waals surface area (Å²) in [4.78, 5) is 0. The van der Waals surface area contributed by atoms with Crippen molar-refractivity contribution in [2.75, 3.05) is 0 Å². The molecular formula is HF4NaZr. The molecular weight excluding hydrogens is 190 g/mol. The Hall–Kier alpha value is 1.60. The molecule has 0 aliphatic carbocycles. The summed E-state index contributed by atoms with van der Waals surface area (Å²) >= 11 is -7.18. The molecule has 0 radical (unpaired) electrons. The first-order valence-corrected chi connectivity index (χ1v) is 4.47. The second-order valence-electron chi connectivity index (χ2n) is 0.429. The van der Waals surface area contributed by atoms with Crippen molar-refractivity contribution in [3.8, 4) is 0 Å². The van der Waals surface area contributed by atoms with Crippen molar-refractivity contribution in [3.63, 3.8) is 0 Å². The van der Waals surface area contributed by atoms with Crippen molar-refractivity contribution in [3.05, 3.63) is 0 Å². The zero-order valence-electron chi connectivity index (χ0n) is 4.01. The van der Waals surface area contributed by atoms with E-state index in [4.69, 9.17) is 0 Å². The molecule has 0 bridgehead atoms. The normalized spacial score (nSPS) is 10.0. The third kappa shape index (κ3) is 46.2. The van der Waals surface area contributed by atoms with Crippen LogP contribution in [0.4, 0.5) is 10.5 Å². The fourth-order valence-electron chi connectivity index (χ4n) is 0. The molecule has 0 fully saturated rings. The molecule has 0 unspecified atom stereocenters. The summed E-state index contributed by atoms with van der Waals surface area (Å²) in [5.41, 5.74) is 0. The van der Waals surface area contributed by atoms with Crippen LogP contribution in [0.3, 0.4) is 0 Å². The zero-order chi connectivity index (χ0) is 4.50. The molecule has 0 heterocycles. The second kappa shape index (κ2) is 3.59. The summed E-state index contributed by atoms with van der Waals surface area (Å²) in [7, 11) is 0. The van der Waals surface area contributed by atoms with E-state index >= 15 is 0 Å². The maximum atomic E-state index is 9.90. The molecule has 0 atom stereocenters. The van der Waals surface area contributed by atoms with Gasteiger partial charge < -0.3 is 1.43 Å². The fourth-order valence-corrected chi connectivity index (χ4v) is 0. The molecule has 0 aromatic rings. The van der Waals surface area contributed by atoms with Gasteiger partial charge in [0.25, 0.3) is 0 Å².